The molecule has 1 nitrogen and oxygen atoms in total. The minimum absolute atomic E-state index is 0.204. The summed E-state index contributed by atoms with van der Waals surface area (Å²) in [6, 6.07) is 5.17. The van der Waals surface area contributed by atoms with Gasteiger partial charge in [-0.3, -0.25) is 0 Å². The number of alkyl halides is 1. The molecule has 1 aromatic rings. The molecule has 0 saturated carbocycles. The van der Waals surface area contributed by atoms with Crippen LogP contribution in [0.2, 0.25) is 0 Å². The van der Waals surface area contributed by atoms with Crippen molar-refractivity contribution in [2.24, 2.45) is 0 Å². The van der Waals surface area contributed by atoms with Gasteiger partial charge in [-0.15, -0.1) is 11.6 Å². The summed E-state index contributed by atoms with van der Waals surface area (Å²) in [6.07, 6.45) is 2.11. The van der Waals surface area contributed by atoms with Crippen molar-refractivity contribution in [1.29, 1.82) is 0 Å². The van der Waals surface area contributed by atoms with Crippen LogP contribution in [0.5, 0.6) is 0 Å². The second-order valence-corrected chi connectivity index (χ2v) is 4.13. The fourth-order valence-corrected chi connectivity index (χ4v) is 2.13. The number of hydrogen-bond acceptors (Lipinski definition) is 1. The Labute approximate surface area is 102 Å². The Morgan fingerprint density at radius 3 is 2.31 bits per heavy atom. The summed E-state index contributed by atoms with van der Waals surface area (Å²) < 4.78 is 13.6. The number of hydrogen-bond donors (Lipinski definition) is 0. The van der Waals surface area contributed by atoms with Crippen molar-refractivity contribution in [3.8, 4) is 0 Å². The minimum Gasteiger partial charge on any atom is -0.371 e. The number of rotatable bonds is 6. The van der Waals surface area contributed by atoms with Crippen LogP contribution in [0.4, 0.5) is 10.1 Å². The van der Waals surface area contributed by atoms with E-state index in [4.69, 9.17) is 11.6 Å². The molecule has 1 rings (SSSR count). The summed E-state index contributed by atoms with van der Waals surface area (Å²) in [5.74, 6) is 0.0241. The first-order valence-corrected chi connectivity index (χ1v) is 6.36. The van der Waals surface area contributed by atoms with Crippen LogP contribution in [0.15, 0.2) is 18.2 Å². The van der Waals surface area contributed by atoms with Crippen LogP contribution >= 0.6 is 11.6 Å². The molecule has 0 bridgehead atoms. The maximum Gasteiger partial charge on any atom is 0.129 e. The van der Waals surface area contributed by atoms with E-state index in [1.807, 2.05) is 6.07 Å². The lowest BCUT2D eigenvalue weighted by Gasteiger charge is -2.26. The Balaban J connectivity index is 3.02. The van der Waals surface area contributed by atoms with E-state index in [1.165, 1.54) is 6.07 Å². The van der Waals surface area contributed by atoms with E-state index in [0.29, 0.717) is 5.56 Å². The third kappa shape index (κ3) is 3.11. The number of nitrogens with zero attached hydrogens (tertiary/aromatic N) is 1. The van der Waals surface area contributed by atoms with Crippen LogP contribution in [0, 0.1) is 5.82 Å². The third-order valence-electron chi connectivity index (χ3n) is 2.56. The molecular weight excluding hydrogens is 225 g/mol. The van der Waals surface area contributed by atoms with E-state index in [-0.39, 0.29) is 11.7 Å². The third-order valence-corrected chi connectivity index (χ3v) is 2.82. The van der Waals surface area contributed by atoms with Gasteiger partial charge in [0.15, 0.2) is 0 Å². The van der Waals surface area contributed by atoms with Gasteiger partial charge in [0.2, 0.25) is 0 Å². The fraction of sp³-hybridized carbons (Fsp3) is 0.538. The first kappa shape index (κ1) is 13.3. The molecule has 0 atom stereocenters. The van der Waals surface area contributed by atoms with Crippen molar-refractivity contribution in [1.82, 2.24) is 0 Å². The average molecular weight is 244 g/mol. The minimum atomic E-state index is -0.204. The highest BCUT2D eigenvalue weighted by molar-refractivity contribution is 6.17. The van der Waals surface area contributed by atoms with Crippen LogP contribution < -0.4 is 4.90 Å². The molecule has 0 radical (unpaired) electrons. The van der Waals surface area contributed by atoms with Crippen molar-refractivity contribution in [3.05, 3.63) is 29.6 Å². The van der Waals surface area contributed by atoms with Crippen molar-refractivity contribution in [2.75, 3.05) is 18.0 Å². The predicted molar refractivity (Wildman–Crippen MR) is 68.8 cm³/mol. The Kier molecular flexibility index (Phi) is 5.61. The molecule has 0 aliphatic rings. The molecule has 0 amide bonds. The summed E-state index contributed by atoms with van der Waals surface area (Å²) in [6.45, 7) is 6.15. The van der Waals surface area contributed by atoms with Crippen LogP contribution in [0.3, 0.4) is 0 Å². The molecule has 0 aliphatic heterocycles. The van der Waals surface area contributed by atoms with Gasteiger partial charge < -0.3 is 4.90 Å². The summed E-state index contributed by atoms with van der Waals surface area (Å²) in [5, 5.41) is 0. The molecule has 0 spiro atoms. The van der Waals surface area contributed by atoms with E-state index >= 15 is 0 Å². The summed E-state index contributed by atoms with van der Waals surface area (Å²) in [4.78, 5) is 2.21. The maximum absolute atomic E-state index is 13.6. The second-order valence-electron chi connectivity index (χ2n) is 3.86. The molecule has 16 heavy (non-hydrogen) atoms. The molecule has 3 heteroatoms. The van der Waals surface area contributed by atoms with Gasteiger partial charge in [0, 0.05) is 24.3 Å². The van der Waals surface area contributed by atoms with Crippen molar-refractivity contribution in [2.45, 2.75) is 32.6 Å². The zero-order valence-corrected chi connectivity index (χ0v) is 10.7. The first-order valence-electron chi connectivity index (χ1n) is 5.82. The lowest BCUT2D eigenvalue weighted by atomic mass is 10.1. The Hall–Kier alpha value is -0.760. The Bertz CT molecular complexity index is 322. The van der Waals surface area contributed by atoms with Crippen LogP contribution in [0.1, 0.15) is 32.3 Å². The number of anilines is 1. The highest BCUT2D eigenvalue weighted by Crippen LogP contribution is 2.25. The lowest BCUT2D eigenvalue weighted by molar-refractivity contribution is 0.614. The molecule has 0 aliphatic carbocycles. The second kappa shape index (κ2) is 6.74. The fourth-order valence-electron chi connectivity index (χ4n) is 1.87. The van der Waals surface area contributed by atoms with E-state index < -0.39 is 0 Å². The van der Waals surface area contributed by atoms with Crippen molar-refractivity contribution < 1.29 is 4.39 Å². The van der Waals surface area contributed by atoms with Gasteiger partial charge in [-0.05, 0) is 25.0 Å². The Morgan fingerprint density at radius 1 is 1.19 bits per heavy atom. The van der Waals surface area contributed by atoms with Crippen LogP contribution in [0.25, 0.3) is 0 Å². The monoisotopic (exact) mass is 243 g/mol. The zero-order chi connectivity index (χ0) is 12.0. The smallest absolute Gasteiger partial charge is 0.129 e. The van der Waals surface area contributed by atoms with Gasteiger partial charge >= 0.3 is 0 Å². The molecule has 0 N–H and O–H groups in total. The van der Waals surface area contributed by atoms with Gasteiger partial charge in [0.05, 0.1) is 5.88 Å². The molecule has 1 aromatic carbocycles. The highest BCUT2D eigenvalue weighted by Gasteiger charge is 2.12. The molecule has 90 valence electrons. The predicted octanol–water partition coefficient (Wildman–Crippen LogP) is 4.19. The molecular formula is C13H19ClFN. The quantitative estimate of drug-likeness (QED) is 0.677. The molecule has 0 unspecified atom stereocenters. The molecule has 0 fully saturated rings. The largest absolute Gasteiger partial charge is 0.371 e. The van der Waals surface area contributed by atoms with Crippen LogP contribution in [-0.2, 0) is 5.88 Å². The zero-order valence-electron chi connectivity index (χ0n) is 9.97. The van der Waals surface area contributed by atoms with Gasteiger partial charge in [0.25, 0.3) is 0 Å². The van der Waals surface area contributed by atoms with Gasteiger partial charge in [-0.1, -0.05) is 19.9 Å². The topological polar surface area (TPSA) is 3.24 Å². The maximum atomic E-state index is 13.6. The molecule has 0 aromatic heterocycles. The van der Waals surface area contributed by atoms with Gasteiger partial charge in [-0.2, -0.15) is 0 Å². The summed E-state index contributed by atoms with van der Waals surface area (Å²) in [7, 11) is 0. The van der Waals surface area contributed by atoms with E-state index in [2.05, 4.69) is 18.7 Å². The van der Waals surface area contributed by atoms with E-state index in [0.717, 1.165) is 31.6 Å². The lowest BCUT2D eigenvalue weighted by Crippen LogP contribution is -2.26. The van der Waals surface area contributed by atoms with Crippen LogP contribution in [-0.4, -0.2) is 13.1 Å². The normalized spacial score (nSPS) is 10.5. The first-order chi connectivity index (χ1) is 7.74. The van der Waals surface area contributed by atoms with Crippen molar-refractivity contribution in [3.63, 3.8) is 0 Å². The van der Waals surface area contributed by atoms with Gasteiger partial charge in [0.1, 0.15) is 5.82 Å². The highest BCUT2D eigenvalue weighted by atomic mass is 35.5. The number of halogens is 2. The van der Waals surface area contributed by atoms with E-state index in [9.17, 15) is 4.39 Å². The summed E-state index contributed by atoms with van der Waals surface area (Å²) in [5.41, 5.74) is 1.56. The Morgan fingerprint density at radius 2 is 1.81 bits per heavy atom. The van der Waals surface area contributed by atoms with Gasteiger partial charge in [-0.25, -0.2) is 4.39 Å². The molecule has 0 heterocycles. The average Bonchev–Trinajstić information content (AvgIpc) is 2.28. The number of benzene rings is 1. The standard InChI is InChI=1S/C13H19ClFN/c1-3-8-16(9-4-2)13-7-5-6-12(15)11(13)10-14/h5-7H,3-4,8-10H2,1-2H3. The SMILES string of the molecule is CCCN(CCC)c1cccc(F)c1CCl. The van der Waals surface area contributed by atoms with Crippen molar-refractivity contribution >= 4 is 17.3 Å². The summed E-state index contributed by atoms with van der Waals surface area (Å²) >= 11 is 5.82. The van der Waals surface area contributed by atoms with E-state index in [1.54, 1.807) is 6.07 Å². The molecule has 0 saturated heterocycles.